The van der Waals surface area contributed by atoms with Gasteiger partial charge in [-0.25, -0.2) is 13.2 Å². The van der Waals surface area contributed by atoms with E-state index in [-0.39, 0.29) is 22.1 Å². The molecule has 196 valence electrons. The van der Waals surface area contributed by atoms with Crippen molar-refractivity contribution >= 4 is 21.8 Å². The second kappa shape index (κ2) is 9.88. The molecular weight excluding hydrogens is 476 g/mol. The Morgan fingerprint density at radius 2 is 1.50 bits per heavy atom. The van der Waals surface area contributed by atoms with Crippen molar-refractivity contribution in [1.82, 2.24) is 10.6 Å². The summed E-state index contributed by atoms with van der Waals surface area (Å²) in [6.45, 7) is 13.9. The lowest BCUT2D eigenvalue weighted by Crippen LogP contribution is -2.54. The average Bonchev–Trinajstić information content (AvgIpc) is 2.76. The molecule has 2 N–H and O–H groups in total. The predicted molar refractivity (Wildman–Crippen MR) is 140 cm³/mol. The van der Waals surface area contributed by atoms with E-state index in [1.54, 1.807) is 39.0 Å². The summed E-state index contributed by atoms with van der Waals surface area (Å²) in [6, 6.07) is 13.7. The summed E-state index contributed by atoms with van der Waals surface area (Å²) in [4.78, 5) is 25.5. The number of rotatable bonds is 6. The molecule has 2 amide bonds. The van der Waals surface area contributed by atoms with Gasteiger partial charge in [0, 0.05) is 0 Å². The van der Waals surface area contributed by atoms with E-state index in [9.17, 15) is 18.0 Å². The molecule has 0 radical (unpaired) electrons. The number of nitrogens with one attached hydrogen (secondary N) is 2. The Morgan fingerprint density at radius 1 is 0.917 bits per heavy atom. The number of carbonyl (C=O) groups excluding carboxylic acids is 2. The van der Waals surface area contributed by atoms with Crippen molar-refractivity contribution in [3.63, 3.8) is 0 Å². The van der Waals surface area contributed by atoms with Crippen LogP contribution in [-0.2, 0) is 36.6 Å². The van der Waals surface area contributed by atoms with Gasteiger partial charge in [-0.2, -0.15) is 0 Å². The van der Waals surface area contributed by atoms with Crippen LogP contribution in [0, 0.1) is 0 Å². The van der Waals surface area contributed by atoms with Gasteiger partial charge in [-0.1, -0.05) is 64.1 Å². The summed E-state index contributed by atoms with van der Waals surface area (Å²) in [5.41, 5.74) is 0.787. The largest absolute Gasteiger partial charge is 0.444 e. The smallest absolute Gasteiger partial charge is 0.410 e. The molecule has 0 fully saturated rings. The maximum Gasteiger partial charge on any atom is 0.410 e. The van der Waals surface area contributed by atoms with Crippen LogP contribution >= 0.6 is 0 Å². The Kier molecular flexibility index (Phi) is 7.61. The molecule has 36 heavy (non-hydrogen) atoms. The van der Waals surface area contributed by atoms with E-state index in [0.717, 1.165) is 18.4 Å². The Labute approximate surface area is 214 Å². The molecule has 0 saturated carbocycles. The lowest BCUT2D eigenvalue weighted by Gasteiger charge is -2.42. The van der Waals surface area contributed by atoms with Crippen LogP contribution in [0.3, 0.4) is 0 Å². The van der Waals surface area contributed by atoms with E-state index in [1.165, 1.54) is 23.3 Å². The normalized spacial score (nSPS) is 17.4. The van der Waals surface area contributed by atoms with Gasteiger partial charge in [-0.15, -0.1) is 0 Å². The number of alkyl carbamates (subject to hydrolysis) is 1. The highest BCUT2D eigenvalue weighted by Gasteiger charge is 2.37. The van der Waals surface area contributed by atoms with E-state index in [2.05, 4.69) is 50.5 Å². The Morgan fingerprint density at radius 3 is 2.08 bits per heavy atom. The van der Waals surface area contributed by atoms with Crippen LogP contribution in [0.25, 0.3) is 0 Å². The van der Waals surface area contributed by atoms with Crippen molar-refractivity contribution in [3.8, 4) is 0 Å². The molecule has 7 nitrogen and oxygen atoms in total. The molecule has 0 aliphatic heterocycles. The van der Waals surface area contributed by atoms with E-state index < -0.39 is 32.9 Å². The zero-order valence-corrected chi connectivity index (χ0v) is 23.1. The van der Waals surface area contributed by atoms with Gasteiger partial charge in [0.1, 0.15) is 5.60 Å². The maximum atomic E-state index is 13.3. The van der Waals surface area contributed by atoms with Gasteiger partial charge in [0.15, 0.2) is 0 Å². The van der Waals surface area contributed by atoms with Crippen LogP contribution in [-0.4, -0.2) is 31.5 Å². The second-order valence-corrected chi connectivity index (χ2v) is 13.8. The number of amides is 2. The molecule has 0 bridgehead atoms. The molecule has 0 spiro atoms. The summed E-state index contributed by atoms with van der Waals surface area (Å²) in [5.74, 6) is -0.525. The van der Waals surface area contributed by atoms with Gasteiger partial charge in [0.2, 0.25) is 21.2 Å². The molecule has 1 atom stereocenters. The van der Waals surface area contributed by atoms with E-state index in [0.29, 0.717) is 0 Å². The summed E-state index contributed by atoms with van der Waals surface area (Å²) >= 11 is 0. The van der Waals surface area contributed by atoms with E-state index >= 15 is 0 Å². The van der Waals surface area contributed by atoms with Crippen molar-refractivity contribution in [2.75, 3.05) is 0 Å². The Hall–Kier alpha value is -2.87. The first-order valence-corrected chi connectivity index (χ1v) is 13.8. The first kappa shape index (κ1) is 27.7. The van der Waals surface area contributed by atoms with Crippen molar-refractivity contribution in [2.45, 2.75) is 94.6 Å². The van der Waals surface area contributed by atoms with Crippen LogP contribution in [0.5, 0.6) is 0 Å². The van der Waals surface area contributed by atoms with Crippen LogP contribution in [0.1, 0.15) is 78.0 Å². The SMILES string of the molecule is CC(C)(C)OC(=O)NC(NC(=O)Cc1ccc2c(c1)C(C)(C)CCC2(C)C)S(=O)(=O)c1ccccc1. The molecular formula is C28H38N2O5S. The standard InChI is InChI=1S/C28H38N2O5S/c1-26(2,3)35-25(32)30-24(36(33,34)20-11-9-8-10-12-20)29-23(31)18-19-13-14-21-22(17-19)28(6,7)16-15-27(21,4)5/h8-14,17,24H,15-16,18H2,1-7H3,(H,29,31)(H,30,32). The first-order chi connectivity index (χ1) is 16.5. The van der Waals surface area contributed by atoms with Gasteiger partial charge in [0.05, 0.1) is 11.3 Å². The fraction of sp³-hybridized carbons (Fsp3) is 0.500. The molecule has 8 heteroatoms. The highest BCUT2D eigenvalue weighted by Crippen LogP contribution is 2.45. The lowest BCUT2D eigenvalue weighted by molar-refractivity contribution is -0.120. The lowest BCUT2D eigenvalue weighted by atomic mass is 9.63. The summed E-state index contributed by atoms with van der Waals surface area (Å²) in [6.07, 6.45) is 1.16. The molecule has 2 aromatic rings. The number of ether oxygens (including phenoxy) is 1. The molecule has 1 aliphatic carbocycles. The van der Waals surface area contributed by atoms with Crippen LogP contribution < -0.4 is 10.6 Å². The number of hydrogen-bond donors (Lipinski definition) is 2. The van der Waals surface area contributed by atoms with Crippen LogP contribution in [0.15, 0.2) is 53.4 Å². The monoisotopic (exact) mass is 514 g/mol. The number of carbonyl (C=O) groups is 2. The van der Waals surface area contributed by atoms with Gasteiger partial charge in [-0.3, -0.25) is 10.1 Å². The third-order valence-electron chi connectivity index (χ3n) is 6.60. The van der Waals surface area contributed by atoms with Crippen molar-refractivity contribution in [2.24, 2.45) is 0 Å². The minimum absolute atomic E-state index is 0.0191. The zero-order chi connectivity index (χ0) is 26.9. The van der Waals surface area contributed by atoms with E-state index in [1.807, 2.05) is 6.07 Å². The minimum atomic E-state index is -4.13. The molecule has 3 rings (SSSR count). The molecule has 2 aromatic carbocycles. The fourth-order valence-electron chi connectivity index (χ4n) is 4.48. The second-order valence-electron chi connectivity index (χ2n) is 11.8. The molecule has 0 saturated heterocycles. The van der Waals surface area contributed by atoms with Crippen molar-refractivity contribution in [3.05, 3.63) is 65.2 Å². The molecule has 1 aliphatic rings. The van der Waals surface area contributed by atoms with Gasteiger partial charge in [-0.05, 0) is 73.3 Å². The number of fused-ring (bicyclic) bond motifs is 1. The van der Waals surface area contributed by atoms with E-state index in [4.69, 9.17) is 4.74 Å². The van der Waals surface area contributed by atoms with Gasteiger partial charge >= 0.3 is 6.09 Å². The minimum Gasteiger partial charge on any atom is -0.444 e. The predicted octanol–water partition coefficient (Wildman–Crippen LogP) is 4.98. The average molecular weight is 515 g/mol. The Balaban J connectivity index is 1.85. The number of sulfone groups is 1. The topological polar surface area (TPSA) is 102 Å². The number of benzene rings is 2. The van der Waals surface area contributed by atoms with Crippen molar-refractivity contribution in [1.29, 1.82) is 0 Å². The van der Waals surface area contributed by atoms with Gasteiger partial charge in [0.25, 0.3) is 0 Å². The number of hydrogen-bond acceptors (Lipinski definition) is 5. The molecule has 1 unspecified atom stereocenters. The van der Waals surface area contributed by atoms with Crippen molar-refractivity contribution < 1.29 is 22.7 Å². The quantitative estimate of drug-likeness (QED) is 0.530. The third kappa shape index (κ3) is 6.46. The maximum absolute atomic E-state index is 13.3. The van der Waals surface area contributed by atoms with Crippen LogP contribution in [0.2, 0.25) is 0 Å². The summed E-state index contributed by atoms with van der Waals surface area (Å²) in [7, 11) is -4.13. The highest BCUT2D eigenvalue weighted by atomic mass is 32.2. The molecule has 0 heterocycles. The third-order valence-corrected chi connectivity index (χ3v) is 8.39. The summed E-state index contributed by atoms with van der Waals surface area (Å²) in [5, 5.41) is 4.82. The Bertz CT molecular complexity index is 1230. The first-order valence-electron chi connectivity index (χ1n) is 12.2. The van der Waals surface area contributed by atoms with Gasteiger partial charge < -0.3 is 10.1 Å². The molecule has 0 aromatic heterocycles. The van der Waals surface area contributed by atoms with Crippen LogP contribution in [0.4, 0.5) is 4.79 Å². The summed E-state index contributed by atoms with van der Waals surface area (Å²) < 4.78 is 31.8. The fourth-order valence-corrected chi connectivity index (χ4v) is 5.83. The highest BCUT2D eigenvalue weighted by molar-refractivity contribution is 7.92. The zero-order valence-electron chi connectivity index (χ0n) is 22.3.